The normalized spacial score (nSPS) is 12.0. The van der Waals surface area contributed by atoms with Gasteiger partial charge in [0.15, 0.2) is 5.82 Å². The van der Waals surface area contributed by atoms with Gasteiger partial charge in [0.05, 0.1) is 16.6 Å². The molecular formula is C16H13ClFN5O. The van der Waals surface area contributed by atoms with Gasteiger partial charge >= 0.3 is 0 Å². The molecule has 0 aliphatic heterocycles. The van der Waals surface area contributed by atoms with Gasteiger partial charge in [0.2, 0.25) is 0 Å². The van der Waals surface area contributed by atoms with Crippen molar-refractivity contribution in [3.8, 4) is 11.5 Å². The Morgan fingerprint density at radius 2 is 2.04 bits per heavy atom. The number of halogens is 2. The van der Waals surface area contributed by atoms with E-state index in [9.17, 15) is 9.18 Å². The van der Waals surface area contributed by atoms with Gasteiger partial charge in [0.25, 0.3) is 5.91 Å². The fraction of sp³-hybridized carbons (Fsp3) is 0.125. The van der Waals surface area contributed by atoms with Crippen LogP contribution in [0.2, 0.25) is 5.02 Å². The van der Waals surface area contributed by atoms with Crippen LogP contribution in [-0.4, -0.2) is 26.1 Å². The molecule has 0 aliphatic carbocycles. The van der Waals surface area contributed by atoms with Crippen molar-refractivity contribution in [2.45, 2.75) is 13.0 Å². The fourth-order valence-electron chi connectivity index (χ4n) is 2.17. The number of pyridine rings is 1. The number of benzene rings is 1. The van der Waals surface area contributed by atoms with Crippen molar-refractivity contribution < 1.29 is 9.18 Å². The first-order valence-electron chi connectivity index (χ1n) is 7.12. The largest absolute Gasteiger partial charge is 0.345 e. The van der Waals surface area contributed by atoms with Crippen LogP contribution in [0.1, 0.15) is 28.9 Å². The van der Waals surface area contributed by atoms with Crippen LogP contribution in [0.15, 0.2) is 42.9 Å². The molecule has 0 fully saturated rings. The summed E-state index contributed by atoms with van der Waals surface area (Å²) in [5, 5.41) is 9.50. The van der Waals surface area contributed by atoms with Gasteiger partial charge in [0.1, 0.15) is 17.8 Å². The Morgan fingerprint density at radius 3 is 2.67 bits per heavy atom. The first-order valence-corrected chi connectivity index (χ1v) is 7.50. The van der Waals surface area contributed by atoms with Crippen molar-refractivity contribution in [2.24, 2.45) is 0 Å². The molecule has 2 heterocycles. The standard InChI is InChI=1S/C16H13ClFN5O/c1-9(10-2-4-12(18)5-3-10)22-16(24)11-6-13(17)14(19-7-11)15-20-8-21-23-15/h2-9H,1H3,(H,22,24)(H,20,21,23)/t9-/m0/s1. The average molecular weight is 346 g/mol. The zero-order chi connectivity index (χ0) is 17.1. The highest BCUT2D eigenvalue weighted by Crippen LogP contribution is 2.23. The highest BCUT2D eigenvalue weighted by atomic mass is 35.5. The van der Waals surface area contributed by atoms with Gasteiger partial charge in [0, 0.05) is 6.20 Å². The first kappa shape index (κ1) is 16.1. The molecule has 2 aromatic heterocycles. The summed E-state index contributed by atoms with van der Waals surface area (Å²) in [5.74, 6) is -0.228. The Morgan fingerprint density at radius 1 is 1.29 bits per heavy atom. The molecule has 3 aromatic rings. The zero-order valence-electron chi connectivity index (χ0n) is 12.6. The molecule has 2 N–H and O–H groups in total. The molecule has 122 valence electrons. The molecule has 0 radical (unpaired) electrons. The second-order valence-corrected chi connectivity index (χ2v) is 5.54. The Labute approximate surface area is 142 Å². The van der Waals surface area contributed by atoms with Crippen molar-refractivity contribution in [3.05, 3.63) is 64.8 Å². The van der Waals surface area contributed by atoms with E-state index in [2.05, 4.69) is 25.5 Å². The molecule has 1 atom stereocenters. The summed E-state index contributed by atoms with van der Waals surface area (Å²) < 4.78 is 13.0. The number of aromatic amines is 1. The minimum absolute atomic E-state index is 0.286. The van der Waals surface area contributed by atoms with Crippen LogP contribution in [0.3, 0.4) is 0 Å². The monoisotopic (exact) mass is 345 g/mol. The maximum absolute atomic E-state index is 13.0. The SMILES string of the molecule is C[C@H](NC(=O)c1cnc(-c2ncn[nH]2)c(Cl)c1)c1ccc(F)cc1. The third-order valence-electron chi connectivity index (χ3n) is 3.46. The summed E-state index contributed by atoms with van der Waals surface area (Å²) in [6.07, 6.45) is 2.76. The summed E-state index contributed by atoms with van der Waals surface area (Å²) in [6.45, 7) is 1.81. The topological polar surface area (TPSA) is 83.6 Å². The van der Waals surface area contributed by atoms with E-state index in [1.807, 2.05) is 6.92 Å². The van der Waals surface area contributed by atoms with Crippen molar-refractivity contribution >= 4 is 17.5 Å². The Kier molecular flexibility index (Phi) is 4.52. The predicted octanol–water partition coefficient (Wildman–Crippen LogP) is 3.15. The molecule has 0 bridgehead atoms. The summed E-state index contributed by atoms with van der Waals surface area (Å²) in [4.78, 5) is 20.5. The number of nitrogens with one attached hydrogen (secondary N) is 2. The van der Waals surface area contributed by atoms with E-state index < -0.39 is 0 Å². The summed E-state index contributed by atoms with van der Waals surface area (Å²) in [7, 11) is 0. The van der Waals surface area contributed by atoms with E-state index >= 15 is 0 Å². The quantitative estimate of drug-likeness (QED) is 0.760. The summed E-state index contributed by atoms with van der Waals surface area (Å²) in [6, 6.07) is 7.17. The van der Waals surface area contributed by atoms with Gasteiger partial charge in [-0.1, -0.05) is 23.7 Å². The van der Waals surface area contributed by atoms with Crippen LogP contribution in [-0.2, 0) is 0 Å². The van der Waals surface area contributed by atoms with E-state index in [1.165, 1.54) is 30.7 Å². The lowest BCUT2D eigenvalue weighted by Crippen LogP contribution is -2.26. The molecular weight excluding hydrogens is 333 g/mol. The van der Waals surface area contributed by atoms with Crippen molar-refractivity contribution in [2.75, 3.05) is 0 Å². The number of rotatable bonds is 4. The highest BCUT2D eigenvalue weighted by Gasteiger charge is 2.15. The molecule has 1 aromatic carbocycles. The number of amides is 1. The van der Waals surface area contributed by atoms with Crippen LogP contribution in [0.25, 0.3) is 11.5 Å². The van der Waals surface area contributed by atoms with Crippen LogP contribution in [0.4, 0.5) is 4.39 Å². The molecule has 0 unspecified atom stereocenters. The van der Waals surface area contributed by atoms with Crippen LogP contribution in [0, 0.1) is 5.82 Å². The van der Waals surface area contributed by atoms with Gasteiger partial charge in [-0.15, -0.1) is 0 Å². The summed E-state index contributed by atoms with van der Waals surface area (Å²) in [5.41, 5.74) is 1.52. The second-order valence-electron chi connectivity index (χ2n) is 5.14. The molecule has 24 heavy (non-hydrogen) atoms. The smallest absolute Gasteiger partial charge is 0.253 e. The lowest BCUT2D eigenvalue weighted by atomic mass is 10.1. The molecule has 3 rings (SSSR count). The van der Waals surface area contributed by atoms with Crippen molar-refractivity contribution in [1.29, 1.82) is 0 Å². The van der Waals surface area contributed by atoms with Gasteiger partial charge in [-0.2, -0.15) is 5.10 Å². The lowest BCUT2D eigenvalue weighted by molar-refractivity contribution is 0.0939. The molecule has 1 amide bonds. The number of carbonyl (C=O) groups is 1. The van der Waals surface area contributed by atoms with E-state index in [1.54, 1.807) is 12.1 Å². The number of carbonyl (C=O) groups excluding carboxylic acids is 1. The van der Waals surface area contributed by atoms with E-state index in [4.69, 9.17) is 11.6 Å². The molecule has 0 saturated carbocycles. The number of nitrogens with zero attached hydrogens (tertiary/aromatic N) is 3. The van der Waals surface area contributed by atoms with Gasteiger partial charge in [-0.3, -0.25) is 14.9 Å². The number of H-pyrrole nitrogens is 1. The van der Waals surface area contributed by atoms with Gasteiger partial charge in [-0.05, 0) is 30.7 Å². The highest BCUT2D eigenvalue weighted by molar-refractivity contribution is 6.33. The minimum Gasteiger partial charge on any atom is -0.345 e. The average Bonchev–Trinajstić information content (AvgIpc) is 3.09. The number of hydrogen-bond acceptors (Lipinski definition) is 4. The molecule has 6 nitrogen and oxygen atoms in total. The van der Waals surface area contributed by atoms with E-state index in [-0.39, 0.29) is 22.8 Å². The van der Waals surface area contributed by atoms with Gasteiger partial charge in [-0.25, -0.2) is 9.37 Å². The minimum atomic E-state index is -0.328. The summed E-state index contributed by atoms with van der Waals surface area (Å²) >= 11 is 6.16. The Balaban J connectivity index is 1.75. The number of hydrogen-bond donors (Lipinski definition) is 2. The third-order valence-corrected chi connectivity index (χ3v) is 3.75. The Hall–Kier alpha value is -2.80. The van der Waals surface area contributed by atoms with E-state index in [0.717, 1.165) is 5.56 Å². The van der Waals surface area contributed by atoms with Crippen molar-refractivity contribution in [3.63, 3.8) is 0 Å². The first-order chi connectivity index (χ1) is 11.5. The van der Waals surface area contributed by atoms with Crippen molar-refractivity contribution in [1.82, 2.24) is 25.5 Å². The second kappa shape index (κ2) is 6.76. The predicted molar refractivity (Wildman–Crippen MR) is 86.9 cm³/mol. The lowest BCUT2D eigenvalue weighted by Gasteiger charge is -2.14. The fourth-order valence-corrected chi connectivity index (χ4v) is 2.43. The van der Waals surface area contributed by atoms with E-state index in [0.29, 0.717) is 17.1 Å². The maximum Gasteiger partial charge on any atom is 0.253 e. The zero-order valence-corrected chi connectivity index (χ0v) is 13.4. The molecule has 0 spiro atoms. The van der Waals surface area contributed by atoms with Crippen LogP contribution < -0.4 is 5.32 Å². The van der Waals surface area contributed by atoms with Crippen LogP contribution in [0.5, 0.6) is 0 Å². The molecule has 8 heteroatoms. The Bertz CT molecular complexity index is 851. The van der Waals surface area contributed by atoms with Crippen LogP contribution >= 0.6 is 11.6 Å². The number of aromatic nitrogens is 4. The maximum atomic E-state index is 13.0. The third kappa shape index (κ3) is 3.41. The molecule has 0 aliphatic rings. The molecule has 0 saturated heterocycles. The van der Waals surface area contributed by atoms with Gasteiger partial charge < -0.3 is 5.32 Å².